The van der Waals surface area contributed by atoms with E-state index in [1.54, 1.807) is 17.7 Å². The summed E-state index contributed by atoms with van der Waals surface area (Å²) in [6, 6.07) is 4.04. The first-order valence-corrected chi connectivity index (χ1v) is 5.32. The Kier molecular flexibility index (Phi) is 2.74. The summed E-state index contributed by atoms with van der Waals surface area (Å²) in [4.78, 5) is 8.16. The number of nitrogens with one attached hydrogen (secondary N) is 1. The van der Waals surface area contributed by atoms with Crippen LogP contribution in [0.2, 0.25) is 0 Å². The molecule has 0 saturated carbocycles. The zero-order valence-corrected chi connectivity index (χ0v) is 8.71. The van der Waals surface area contributed by atoms with Gasteiger partial charge in [-0.25, -0.2) is 9.97 Å². The summed E-state index contributed by atoms with van der Waals surface area (Å²) >= 11 is 1.71. The lowest BCUT2D eigenvalue weighted by Crippen LogP contribution is -2.00. The maximum atomic E-state index is 4.12. The third-order valence-electron chi connectivity index (χ3n) is 1.86. The summed E-state index contributed by atoms with van der Waals surface area (Å²) in [5.74, 6) is 0.878. The predicted molar refractivity (Wildman–Crippen MR) is 58.4 cm³/mol. The van der Waals surface area contributed by atoms with Crippen molar-refractivity contribution in [2.45, 2.75) is 13.5 Å². The third kappa shape index (κ3) is 2.29. The normalized spacial score (nSPS) is 10.1. The van der Waals surface area contributed by atoms with Crippen molar-refractivity contribution in [3.8, 4) is 0 Å². The second-order valence-electron chi connectivity index (χ2n) is 3.03. The molecule has 3 nitrogen and oxygen atoms in total. The van der Waals surface area contributed by atoms with E-state index in [4.69, 9.17) is 0 Å². The van der Waals surface area contributed by atoms with Gasteiger partial charge >= 0.3 is 0 Å². The molecule has 2 rings (SSSR count). The summed E-state index contributed by atoms with van der Waals surface area (Å²) in [7, 11) is 0. The van der Waals surface area contributed by atoms with Crippen molar-refractivity contribution in [3.05, 3.63) is 40.5 Å². The van der Waals surface area contributed by atoms with Crippen LogP contribution in [0.4, 0.5) is 5.82 Å². The maximum absolute atomic E-state index is 4.12. The van der Waals surface area contributed by atoms with Crippen LogP contribution in [0.3, 0.4) is 0 Å². The van der Waals surface area contributed by atoms with Gasteiger partial charge in [0.15, 0.2) is 0 Å². The van der Waals surface area contributed by atoms with E-state index in [0.29, 0.717) is 0 Å². The maximum Gasteiger partial charge on any atom is 0.129 e. The third-order valence-corrected chi connectivity index (χ3v) is 2.59. The molecule has 0 spiro atoms. The molecule has 0 aliphatic carbocycles. The Morgan fingerprint density at radius 2 is 2.36 bits per heavy atom. The number of hydrogen-bond donors (Lipinski definition) is 1. The number of rotatable bonds is 3. The van der Waals surface area contributed by atoms with Crippen molar-refractivity contribution < 1.29 is 0 Å². The van der Waals surface area contributed by atoms with Crippen molar-refractivity contribution in [1.29, 1.82) is 0 Å². The number of anilines is 1. The van der Waals surface area contributed by atoms with Crippen LogP contribution in [-0.2, 0) is 6.54 Å². The van der Waals surface area contributed by atoms with Crippen LogP contribution < -0.4 is 5.32 Å². The number of thiophene rings is 1. The Hall–Kier alpha value is -1.42. The number of hydrogen-bond acceptors (Lipinski definition) is 4. The van der Waals surface area contributed by atoms with Crippen LogP contribution in [-0.4, -0.2) is 9.97 Å². The zero-order chi connectivity index (χ0) is 9.80. The van der Waals surface area contributed by atoms with Gasteiger partial charge in [0.25, 0.3) is 0 Å². The second kappa shape index (κ2) is 4.19. The van der Waals surface area contributed by atoms with E-state index in [1.807, 2.05) is 13.0 Å². The van der Waals surface area contributed by atoms with Gasteiger partial charge in [-0.2, -0.15) is 11.3 Å². The Morgan fingerprint density at radius 1 is 1.43 bits per heavy atom. The van der Waals surface area contributed by atoms with Gasteiger partial charge in [-0.1, -0.05) is 0 Å². The first kappa shape index (κ1) is 9.15. The molecule has 4 heteroatoms. The van der Waals surface area contributed by atoms with Crippen molar-refractivity contribution >= 4 is 17.2 Å². The second-order valence-corrected chi connectivity index (χ2v) is 3.81. The van der Waals surface area contributed by atoms with Crippen LogP contribution >= 0.6 is 11.3 Å². The molecule has 0 amide bonds. The van der Waals surface area contributed by atoms with Crippen LogP contribution in [0.25, 0.3) is 0 Å². The van der Waals surface area contributed by atoms with Crippen LogP contribution in [0.15, 0.2) is 29.2 Å². The molecule has 2 aromatic heterocycles. The van der Waals surface area contributed by atoms with Gasteiger partial charge in [0.1, 0.15) is 12.1 Å². The fourth-order valence-corrected chi connectivity index (χ4v) is 1.81. The van der Waals surface area contributed by atoms with Gasteiger partial charge < -0.3 is 5.32 Å². The lowest BCUT2D eigenvalue weighted by atomic mass is 10.3. The molecule has 0 aliphatic rings. The average molecular weight is 205 g/mol. The smallest absolute Gasteiger partial charge is 0.129 e. The molecule has 0 saturated heterocycles. The number of nitrogens with zero attached hydrogens (tertiary/aromatic N) is 2. The molecule has 0 radical (unpaired) electrons. The highest BCUT2D eigenvalue weighted by Gasteiger charge is 1.95. The quantitative estimate of drug-likeness (QED) is 0.836. The minimum absolute atomic E-state index is 0.819. The van der Waals surface area contributed by atoms with Gasteiger partial charge in [-0.3, -0.25) is 0 Å². The van der Waals surface area contributed by atoms with Crippen LogP contribution in [0.1, 0.15) is 11.3 Å². The van der Waals surface area contributed by atoms with E-state index < -0.39 is 0 Å². The Bertz CT molecular complexity index is 398. The monoisotopic (exact) mass is 205 g/mol. The summed E-state index contributed by atoms with van der Waals surface area (Å²) in [6.07, 6.45) is 1.57. The van der Waals surface area contributed by atoms with E-state index in [0.717, 1.165) is 18.1 Å². The highest BCUT2D eigenvalue weighted by atomic mass is 32.1. The van der Waals surface area contributed by atoms with Gasteiger partial charge in [-0.05, 0) is 29.3 Å². The molecule has 2 heterocycles. The standard InChI is InChI=1S/C10H11N3S/c1-8-4-10(13-7-12-8)11-5-9-2-3-14-6-9/h2-4,6-7H,5H2,1H3,(H,11,12,13). The summed E-state index contributed by atoms with van der Waals surface area (Å²) < 4.78 is 0. The highest BCUT2D eigenvalue weighted by Crippen LogP contribution is 2.09. The minimum atomic E-state index is 0.819. The lowest BCUT2D eigenvalue weighted by Gasteiger charge is -2.03. The largest absolute Gasteiger partial charge is 0.366 e. The van der Waals surface area contributed by atoms with Gasteiger partial charge in [-0.15, -0.1) is 0 Å². The van der Waals surface area contributed by atoms with Crippen LogP contribution in [0, 0.1) is 6.92 Å². The fraction of sp³-hybridized carbons (Fsp3) is 0.200. The first-order chi connectivity index (χ1) is 6.84. The van der Waals surface area contributed by atoms with Crippen LogP contribution in [0.5, 0.6) is 0 Å². The lowest BCUT2D eigenvalue weighted by molar-refractivity contribution is 1.06. The molecule has 0 aromatic carbocycles. The summed E-state index contributed by atoms with van der Waals surface area (Å²) in [5.41, 5.74) is 2.26. The van der Waals surface area contributed by atoms with Gasteiger partial charge in [0.2, 0.25) is 0 Å². The van der Waals surface area contributed by atoms with E-state index in [1.165, 1.54) is 5.56 Å². The van der Waals surface area contributed by atoms with Crippen molar-refractivity contribution in [2.75, 3.05) is 5.32 Å². The van der Waals surface area contributed by atoms with Crippen molar-refractivity contribution in [1.82, 2.24) is 9.97 Å². The minimum Gasteiger partial charge on any atom is -0.366 e. The topological polar surface area (TPSA) is 37.8 Å². The Labute approximate surface area is 86.8 Å². The number of aryl methyl sites for hydroxylation is 1. The van der Waals surface area contributed by atoms with E-state index >= 15 is 0 Å². The molecule has 0 fully saturated rings. The highest BCUT2D eigenvalue weighted by molar-refractivity contribution is 7.07. The Morgan fingerprint density at radius 3 is 3.07 bits per heavy atom. The number of aromatic nitrogens is 2. The molecule has 0 unspecified atom stereocenters. The SMILES string of the molecule is Cc1cc(NCc2ccsc2)ncn1. The molecule has 0 aliphatic heterocycles. The van der Waals surface area contributed by atoms with Crippen molar-refractivity contribution in [2.24, 2.45) is 0 Å². The molecule has 0 atom stereocenters. The molecule has 1 N–H and O–H groups in total. The van der Waals surface area contributed by atoms with Gasteiger partial charge in [0, 0.05) is 18.3 Å². The van der Waals surface area contributed by atoms with Gasteiger partial charge in [0.05, 0.1) is 0 Å². The fourth-order valence-electron chi connectivity index (χ4n) is 1.14. The molecule has 2 aromatic rings. The molecule has 0 bridgehead atoms. The predicted octanol–water partition coefficient (Wildman–Crippen LogP) is 2.46. The van der Waals surface area contributed by atoms with E-state index in [9.17, 15) is 0 Å². The zero-order valence-electron chi connectivity index (χ0n) is 7.90. The molecule has 14 heavy (non-hydrogen) atoms. The summed E-state index contributed by atoms with van der Waals surface area (Å²) in [6.45, 7) is 2.78. The van der Waals surface area contributed by atoms with Crippen molar-refractivity contribution in [3.63, 3.8) is 0 Å². The van der Waals surface area contributed by atoms with E-state index in [2.05, 4.69) is 32.1 Å². The molecular formula is C10H11N3S. The Balaban J connectivity index is 1.98. The molecule has 72 valence electrons. The van der Waals surface area contributed by atoms with E-state index in [-0.39, 0.29) is 0 Å². The average Bonchev–Trinajstić information content (AvgIpc) is 2.67. The summed E-state index contributed by atoms with van der Waals surface area (Å²) in [5, 5.41) is 7.44. The molecular weight excluding hydrogens is 194 g/mol. The first-order valence-electron chi connectivity index (χ1n) is 4.38.